The van der Waals surface area contributed by atoms with E-state index in [1.54, 1.807) is 6.07 Å². The van der Waals surface area contributed by atoms with Crippen molar-refractivity contribution in [1.29, 1.82) is 0 Å². The van der Waals surface area contributed by atoms with E-state index in [1.807, 2.05) is 6.07 Å². The Morgan fingerprint density at radius 2 is 1.75 bits per heavy atom. The molecule has 1 heterocycles. The van der Waals surface area contributed by atoms with E-state index < -0.39 is 10.7 Å². The Morgan fingerprint density at radius 3 is 2.44 bits per heavy atom. The molecule has 3 nitrogen and oxygen atoms in total. The Balaban J connectivity index is 2.19. The molecule has 1 aliphatic heterocycles. The van der Waals surface area contributed by atoms with Gasteiger partial charge in [-0.15, -0.1) is 0 Å². The van der Waals surface area contributed by atoms with Crippen molar-refractivity contribution in [2.75, 3.05) is 6.79 Å². The molecular formula is C10H8B3NO2. The second-order valence-corrected chi connectivity index (χ2v) is 4.45. The van der Waals surface area contributed by atoms with Crippen LogP contribution in [0.25, 0.3) is 0 Å². The zero-order chi connectivity index (χ0) is 11.6. The van der Waals surface area contributed by atoms with Crippen LogP contribution in [0.4, 0.5) is 0 Å². The van der Waals surface area contributed by atoms with Crippen LogP contribution in [0.15, 0.2) is 12.1 Å². The minimum absolute atomic E-state index is 0.219. The van der Waals surface area contributed by atoms with Crippen molar-refractivity contribution in [1.82, 2.24) is 0 Å². The molecule has 1 aliphatic carbocycles. The third-order valence-corrected chi connectivity index (χ3v) is 3.30. The molecule has 0 fully saturated rings. The molecule has 16 heavy (non-hydrogen) atoms. The third-order valence-electron chi connectivity index (χ3n) is 3.30. The van der Waals surface area contributed by atoms with E-state index in [0.29, 0.717) is 17.9 Å². The first-order valence-electron chi connectivity index (χ1n) is 5.00. The molecule has 74 valence electrons. The molecule has 6 radical (unpaired) electrons. The summed E-state index contributed by atoms with van der Waals surface area (Å²) in [5.74, 6) is 1.32. The lowest BCUT2D eigenvalue weighted by Gasteiger charge is -2.37. The predicted octanol–water partition coefficient (Wildman–Crippen LogP) is -0.715. The van der Waals surface area contributed by atoms with E-state index in [4.69, 9.17) is 38.7 Å². The largest absolute Gasteiger partial charge is 0.454 e. The van der Waals surface area contributed by atoms with Crippen LogP contribution >= 0.6 is 0 Å². The average molecular weight is 207 g/mol. The standard InChI is InChI=1S/C10H8B3NO2/c11-9(14)3-5-1-7-8(16-4-15-7)2-6(5)10(9,12)13/h1-2H,3-4,14H2. The lowest BCUT2D eigenvalue weighted by atomic mass is 9.40. The van der Waals surface area contributed by atoms with Crippen molar-refractivity contribution < 1.29 is 9.47 Å². The Hall–Kier alpha value is -1.03. The molecule has 2 aliphatic rings. The summed E-state index contributed by atoms with van der Waals surface area (Å²) >= 11 is 0. The molecule has 1 aromatic carbocycles. The fourth-order valence-corrected chi connectivity index (χ4v) is 2.23. The van der Waals surface area contributed by atoms with Crippen molar-refractivity contribution in [3.8, 4) is 11.5 Å². The summed E-state index contributed by atoms with van der Waals surface area (Å²) in [5.41, 5.74) is 6.40. The highest BCUT2D eigenvalue weighted by atomic mass is 16.7. The van der Waals surface area contributed by atoms with E-state index in [-0.39, 0.29) is 6.79 Å². The van der Waals surface area contributed by atoms with Crippen LogP contribution in [0.1, 0.15) is 11.1 Å². The van der Waals surface area contributed by atoms with Gasteiger partial charge >= 0.3 is 0 Å². The maximum Gasteiger partial charge on any atom is 0.231 e. The van der Waals surface area contributed by atoms with E-state index in [1.165, 1.54) is 0 Å². The van der Waals surface area contributed by atoms with Crippen LogP contribution in [-0.2, 0) is 11.6 Å². The van der Waals surface area contributed by atoms with E-state index >= 15 is 0 Å². The van der Waals surface area contributed by atoms with Crippen LogP contribution in [-0.4, -0.2) is 35.8 Å². The van der Waals surface area contributed by atoms with Gasteiger partial charge in [0.2, 0.25) is 6.79 Å². The molecule has 0 spiro atoms. The fraction of sp³-hybridized carbons (Fsp3) is 0.400. The number of hydrogen-bond acceptors (Lipinski definition) is 3. The van der Waals surface area contributed by atoms with Gasteiger partial charge in [-0.3, -0.25) is 0 Å². The Kier molecular flexibility index (Phi) is 1.78. The monoisotopic (exact) mass is 207 g/mol. The first-order valence-corrected chi connectivity index (χ1v) is 5.00. The van der Waals surface area contributed by atoms with Gasteiger partial charge in [0.25, 0.3) is 0 Å². The fourth-order valence-electron chi connectivity index (χ4n) is 2.23. The van der Waals surface area contributed by atoms with Gasteiger partial charge in [0.15, 0.2) is 11.5 Å². The van der Waals surface area contributed by atoms with E-state index in [2.05, 4.69) is 0 Å². The number of nitrogens with two attached hydrogens (primary N) is 1. The lowest BCUT2D eigenvalue weighted by Crippen LogP contribution is -2.57. The van der Waals surface area contributed by atoms with Gasteiger partial charge in [0.05, 0.1) is 23.5 Å². The summed E-state index contributed by atoms with van der Waals surface area (Å²) in [5, 5.41) is -1.25. The number of hydrogen-bond donors (Lipinski definition) is 1. The van der Waals surface area contributed by atoms with E-state index in [9.17, 15) is 0 Å². The molecule has 0 saturated heterocycles. The molecule has 1 atom stereocenters. The van der Waals surface area contributed by atoms with Crippen LogP contribution in [0.5, 0.6) is 11.5 Å². The summed E-state index contributed by atoms with van der Waals surface area (Å²) in [6.45, 7) is 0.219. The summed E-state index contributed by atoms with van der Waals surface area (Å²) < 4.78 is 10.5. The zero-order valence-corrected chi connectivity index (χ0v) is 8.69. The average Bonchev–Trinajstić information content (AvgIpc) is 2.67. The zero-order valence-electron chi connectivity index (χ0n) is 8.69. The normalized spacial score (nSPS) is 29.1. The second-order valence-electron chi connectivity index (χ2n) is 4.45. The molecule has 3 rings (SSSR count). The topological polar surface area (TPSA) is 44.5 Å². The molecular weight excluding hydrogens is 199 g/mol. The molecule has 0 saturated carbocycles. The molecule has 1 aromatic rings. The molecule has 0 bridgehead atoms. The maximum absolute atomic E-state index is 5.99. The maximum atomic E-state index is 5.99. The minimum atomic E-state index is -1.25. The molecule has 1 unspecified atom stereocenters. The minimum Gasteiger partial charge on any atom is -0.454 e. The summed E-state index contributed by atoms with van der Waals surface area (Å²) in [7, 11) is 17.9. The van der Waals surface area contributed by atoms with Crippen LogP contribution < -0.4 is 15.2 Å². The second kappa shape index (κ2) is 2.80. The Morgan fingerprint density at radius 1 is 1.12 bits per heavy atom. The van der Waals surface area contributed by atoms with Gasteiger partial charge in [-0.25, -0.2) is 0 Å². The molecule has 6 heteroatoms. The predicted molar refractivity (Wildman–Crippen MR) is 62.1 cm³/mol. The first kappa shape index (κ1) is 10.1. The third kappa shape index (κ3) is 1.11. The molecule has 2 N–H and O–H groups in total. The van der Waals surface area contributed by atoms with Crippen molar-refractivity contribution in [2.24, 2.45) is 5.73 Å². The van der Waals surface area contributed by atoms with Crippen LogP contribution in [0, 0.1) is 0 Å². The number of fused-ring (bicyclic) bond motifs is 2. The van der Waals surface area contributed by atoms with Crippen LogP contribution in [0.2, 0.25) is 0 Å². The van der Waals surface area contributed by atoms with Crippen molar-refractivity contribution in [3.05, 3.63) is 23.3 Å². The summed E-state index contributed by atoms with van der Waals surface area (Å²) in [6.07, 6.45) is 0.423. The number of rotatable bonds is 0. The first-order chi connectivity index (χ1) is 7.42. The van der Waals surface area contributed by atoms with Gasteiger partial charge in [-0.05, 0) is 29.6 Å². The van der Waals surface area contributed by atoms with E-state index in [0.717, 1.165) is 11.1 Å². The van der Waals surface area contributed by atoms with Crippen molar-refractivity contribution in [2.45, 2.75) is 17.1 Å². The molecule has 0 amide bonds. The van der Waals surface area contributed by atoms with Crippen molar-refractivity contribution in [3.63, 3.8) is 0 Å². The smallest absolute Gasteiger partial charge is 0.231 e. The molecule has 0 aromatic heterocycles. The quantitative estimate of drug-likeness (QED) is 0.570. The van der Waals surface area contributed by atoms with Gasteiger partial charge in [0.1, 0.15) is 0 Å². The Bertz CT molecular complexity index is 473. The van der Waals surface area contributed by atoms with Crippen molar-refractivity contribution >= 4 is 23.5 Å². The van der Waals surface area contributed by atoms with Crippen LogP contribution in [0.3, 0.4) is 0 Å². The highest BCUT2D eigenvalue weighted by Gasteiger charge is 2.45. The Labute approximate surface area is 97.9 Å². The number of ether oxygens (including phenoxy) is 2. The highest BCUT2D eigenvalue weighted by molar-refractivity contribution is 6.46. The highest BCUT2D eigenvalue weighted by Crippen LogP contribution is 2.45. The van der Waals surface area contributed by atoms with Gasteiger partial charge < -0.3 is 15.2 Å². The van der Waals surface area contributed by atoms with Gasteiger partial charge in [-0.1, -0.05) is 10.8 Å². The lowest BCUT2D eigenvalue weighted by molar-refractivity contribution is 0.174. The van der Waals surface area contributed by atoms with Gasteiger partial charge in [0, 0.05) is 0 Å². The summed E-state index contributed by atoms with van der Waals surface area (Å²) in [4.78, 5) is 0. The number of benzene rings is 1. The summed E-state index contributed by atoms with van der Waals surface area (Å²) in [6, 6.07) is 3.60. The SMILES string of the molecule is [B]C1(N)Cc2cc3c(cc2C1([B])[B])OCO3. The van der Waals surface area contributed by atoms with Gasteiger partial charge in [-0.2, -0.15) is 0 Å².